The number of H-pyrrole nitrogens is 1. The SMILES string of the molecule is C[SiH](C)[Zr]([c]1ccc[nH]1)([CH]1C=Cc2ccccc21)([C](C)(C)C)[C](C)(C)C.Cl.Cl. The Morgan fingerprint density at radius 3 is 1.89 bits per heavy atom. The van der Waals surface area contributed by atoms with Crippen LogP contribution in [-0.2, 0) is 17.9 Å². The first-order chi connectivity index (χ1) is 12.0. The molecule has 1 unspecified atom stereocenters. The van der Waals surface area contributed by atoms with E-state index in [1.165, 1.54) is 5.56 Å². The molecule has 1 aromatic carbocycles. The Hall–Kier alpha value is -0.0800. The quantitative estimate of drug-likeness (QED) is 0.409. The number of hydrogen-bond acceptors (Lipinski definition) is 0. The maximum Gasteiger partial charge on any atom is -0.147 e. The molecule has 0 spiro atoms. The number of benzene rings is 1. The summed E-state index contributed by atoms with van der Waals surface area (Å²) in [6.07, 6.45) is 7.17. The molecule has 0 bridgehead atoms. The summed E-state index contributed by atoms with van der Waals surface area (Å²) >= 11 is -3.76. The van der Waals surface area contributed by atoms with Crippen molar-refractivity contribution in [3.05, 3.63) is 59.8 Å². The summed E-state index contributed by atoms with van der Waals surface area (Å²) in [6, 6.07) is 13.8. The fraction of sp³-hybridized carbons (Fsp3) is 0.478. The maximum absolute atomic E-state index is 3.82. The Bertz CT molecular complexity index is 815. The third kappa shape index (κ3) is 2.87. The molecule has 0 saturated heterocycles. The molecule has 28 heavy (non-hydrogen) atoms. The van der Waals surface area contributed by atoms with Crippen LogP contribution in [0.1, 0.15) is 56.3 Å². The number of allylic oxidation sites excluding steroid dienone is 1. The second-order valence-electron chi connectivity index (χ2n) is 10.6. The van der Waals surface area contributed by atoms with Gasteiger partial charge in [-0.05, 0) is 0 Å². The van der Waals surface area contributed by atoms with Crippen LogP contribution in [0, 0.1) is 0 Å². The molecule has 0 saturated carbocycles. The monoisotopic (exact) mass is 516 g/mol. The minimum atomic E-state index is -3.76. The Labute approximate surface area is 186 Å². The van der Waals surface area contributed by atoms with Crippen LogP contribution in [-0.4, -0.2) is 10.9 Å². The van der Waals surface area contributed by atoms with Crippen LogP contribution in [0.3, 0.4) is 0 Å². The normalized spacial score (nSPS) is 18.0. The largest absolute Gasteiger partial charge is 0.147 e. The van der Waals surface area contributed by atoms with E-state index in [2.05, 4.69) is 114 Å². The summed E-state index contributed by atoms with van der Waals surface area (Å²) in [6.45, 7) is 20.7. The van der Waals surface area contributed by atoms with Crippen molar-refractivity contribution in [3.63, 3.8) is 0 Å². The number of fused-ring (bicyclic) bond motifs is 1. The zero-order chi connectivity index (χ0) is 19.4. The van der Waals surface area contributed by atoms with Crippen LogP contribution in [0.4, 0.5) is 0 Å². The molecule has 0 amide bonds. The minimum Gasteiger partial charge on any atom is -0.147 e. The first-order valence-corrected chi connectivity index (χ1v) is 22.3. The molecule has 2 aromatic rings. The Morgan fingerprint density at radius 1 is 0.857 bits per heavy atom. The minimum absolute atomic E-state index is 0. The zero-order valence-electron chi connectivity index (χ0n) is 18.7. The van der Waals surface area contributed by atoms with Crippen LogP contribution in [0.15, 0.2) is 48.7 Å². The summed E-state index contributed by atoms with van der Waals surface area (Å²) in [5.74, 6) is -1.08. The van der Waals surface area contributed by atoms with Gasteiger partial charge in [0.1, 0.15) is 0 Å². The van der Waals surface area contributed by atoms with Gasteiger partial charge in [0.25, 0.3) is 0 Å². The molecule has 3 rings (SSSR count). The number of halogens is 2. The van der Waals surface area contributed by atoms with E-state index < -0.39 is 23.9 Å². The second-order valence-corrected chi connectivity index (χ2v) is 45.7. The standard InChI is InChI=1S/C9H7.C4H4N.2C4H9.C2H7Si.2ClH.Zr/c1-2-5-9-7-3-6-8(9)4-1;1-2-4-5-3-1;2*1-4(2)3;1-3-2;;;/h1-7H;1-3,5H;2*1-3H3;3H,1-2H3;2*1H;. The smallest absolute Gasteiger partial charge is 0.147 e. The Morgan fingerprint density at radius 2 is 1.43 bits per heavy atom. The molecule has 1 aromatic heterocycles. The predicted molar refractivity (Wildman–Crippen MR) is 131 cm³/mol. The van der Waals surface area contributed by atoms with E-state index in [9.17, 15) is 0 Å². The van der Waals surface area contributed by atoms with Gasteiger partial charge in [0.2, 0.25) is 0 Å². The molecular weight excluding hydrogens is 480 g/mol. The van der Waals surface area contributed by atoms with Crippen molar-refractivity contribution in [2.45, 2.75) is 64.5 Å². The van der Waals surface area contributed by atoms with E-state index in [0.29, 0.717) is 3.63 Å². The van der Waals surface area contributed by atoms with Gasteiger partial charge in [-0.2, -0.15) is 0 Å². The van der Waals surface area contributed by atoms with Gasteiger partial charge in [-0.3, -0.25) is 0 Å². The summed E-state index contributed by atoms with van der Waals surface area (Å²) in [5, 5.41) is 0. The van der Waals surface area contributed by atoms with Crippen LogP contribution in [0.25, 0.3) is 6.08 Å². The van der Waals surface area contributed by atoms with E-state index in [0.717, 1.165) is 0 Å². The zero-order valence-corrected chi connectivity index (χ0v) is 23.9. The molecule has 1 N–H and O–H groups in total. The topological polar surface area (TPSA) is 15.8 Å². The molecule has 1 heterocycles. The Balaban J connectivity index is 0.00000196. The second kappa shape index (κ2) is 8.22. The van der Waals surface area contributed by atoms with E-state index in [-0.39, 0.29) is 31.1 Å². The number of aromatic nitrogens is 1. The van der Waals surface area contributed by atoms with Gasteiger partial charge in [-0.1, -0.05) is 0 Å². The average molecular weight is 519 g/mol. The van der Waals surface area contributed by atoms with Gasteiger partial charge in [0.05, 0.1) is 0 Å². The molecular formula is C23H38Cl2NSiZr. The first kappa shape index (κ1) is 26.0. The molecule has 157 valence electrons. The summed E-state index contributed by atoms with van der Waals surface area (Å²) in [5.41, 5.74) is 3.02. The predicted octanol–water partition coefficient (Wildman–Crippen LogP) is 7.36. The molecule has 0 aliphatic heterocycles. The van der Waals surface area contributed by atoms with Crippen LogP contribution in [0.2, 0.25) is 19.3 Å². The molecule has 5 heteroatoms. The van der Waals surface area contributed by atoms with E-state index in [1.807, 2.05) is 0 Å². The molecule has 1 aliphatic rings. The van der Waals surface area contributed by atoms with Crippen molar-refractivity contribution >= 4 is 40.2 Å². The maximum atomic E-state index is 3.82. The fourth-order valence-corrected chi connectivity index (χ4v) is 71.3. The summed E-state index contributed by atoms with van der Waals surface area (Å²) in [4.78, 5) is 3.82. The first-order valence-electron chi connectivity index (χ1n) is 10.0. The van der Waals surface area contributed by atoms with E-state index in [4.69, 9.17) is 0 Å². The molecule has 1 atom stereocenters. The van der Waals surface area contributed by atoms with Crippen molar-refractivity contribution in [2.75, 3.05) is 0 Å². The van der Waals surface area contributed by atoms with Crippen molar-refractivity contribution in [1.29, 1.82) is 0 Å². The van der Waals surface area contributed by atoms with E-state index >= 15 is 0 Å². The number of hydrogen-bond donors (Lipinski definition) is 1. The van der Waals surface area contributed by atoms with Crippen LogP contribution in [0.5, 0.6) is 0 Å². The summed E-state index contributed by atoms with van der Waals surface area (Å²) < 4.78 is 2.78. The molecule has 1 nitrogen and oxygen atoms in total. The van der Waals surface area contributed by atoms with Gasteiger partial charge in [-0.15, -0.1) is 24.8 Å². The third-order valence-electron chi connectivity index (χ3n) is 8.06. The van der Waals surface area contributed by atoms with Crippen molar-refractivity contribution in [2.24, 2.45) is 0 Å². The van der Waals surface area contributed by atoms with Gasteiger partial charge in [0.15, 0.2) is 0 Å². The third-order valence-corrected chi connectivity index (χ3v) is 66.3. The van der Waals surface area contributed by atoms with Crippen molar-refractivity contribution < 1.29 is 17.9 Å². The Kier molecular flexibility index (Phi) is 7.62. The van der Waals surface area contributed by atoms with Crippen molar-refractivity contribution in [1.82, 2.24) is 4.98 Å². The molecule has 0 radical (unpaired) electrons. The fourth-order valence-electron chi connectivity index (χ4n) is 7.87. The van der Waals surface area contributed by atoms with Crippen LogP contribution < -0.4 is 3.40 Å². The van der Waals surface area contributed by atoms with Crippen molar-refractivity contribution in [3.8, 4) is 0 Å². The van der Waals surface area contributed by atoms with Crippen LogP contribution >= 0.6 is 24.8 Å². The molecule has 1 aliphatic carbocycles. The van der Waals surface area contributed by atoms with E-state index in [1.54, 1.807) is 8.97 Å². The number of rotatable bonds is 3. The van der Waals surface area contributed by atoms with Gasteiger partial charge in [-0.25, -0.2) is 0 Å². The van der Waals surface area contributed by atoms with Gasteiger partial charge >= 0.3 is 163 Å². The number of aromatic amines is 1. The van der Waals surface area contributed by atoms with Gasteiger partial charge in [0, 0.05) is 0 Å². The van der Waals surface area contributed by atoms with Gasteiger partial charge < -0.3 is 0 Å². The molecule has 0 fully saturated rings. The summed E-state index contributed by atoms with van der Waals surface area (Å²) in [7, 11) is 0. The number of nitrogens with one attached hydrogen (secondary N) is 1. The average Bonchev–Trinajstić information content (AvgIpc) is 3.16.